The number of carbonyl (C=O) groups excluding carboxylic acids is 1. The molecule has 2 atom stereocenters. The van der Waals surface area contributed by atoms with Crippen molar-refractivity contribution >= 4 is 5.91 Å². The van der Waals surface area contributed by atoms with Crippen LogP contribution in [0.1, 0.15) is 49.8 Å². The summed E-state index contributed by atoms with van der Waals surface area (Å²) in [5, 5.41) is 3.39. The van der Waals surface area contributed by atoms with Gasteiger partial charge in [0.15, 0.2) is 0 Å². The first kappa shape index (κ1) is 17.4. The highest BCUT2D eigenvalue weighted by atomic mass is 16.5. The number of hydrogen-bond acceptors (Lipinski definition) is 3. The predicted molar refractivity (Wildman–Crippen MR) is 95.9 cm³/mol. The van der Waals surface area contributed by atoms with Crippen molar-refractivity contribution in [1.82, 2.24) is 10.2 Å². The second kappa shape index (κ2) is 8.13. The monoisotopic (exact) mass is 330 g/mol. The van der Waals surface area contributed by atoms with Gasteiger partial charge in [-0.05, 0) is 63.2 Å². The van der Waals surface area contributed by atoms with Crippen LogP contribution >= 0.6 is 0 Å². The Morgan fingerprint density at radius 2 is 2.04 bits per heavy atom. The summed E-state index contributed by atoms with van der Waals surface area (Å²) in [7, 11) is 0. The Hall–Kier alpha value is -1.39. The number of piperidine rings is 1. The maximum atomic E-state index is 12.8. The summed E-state index contributed by atoms with van der Waals surface area (Å²) in [4.78, 5) is 14.8. The molecular formula is C20H30N2O2. The third-order valence-corrected chi connectivity index (χ3v) is 5.51. The minimum atomic E-state index is 0.00484. The molecule has 132 valence electrons. The van der Waals surface area contributed by atoms with Crippen LogP contribution in [0.3, 0.4) is 0 Å². The minimum absolute atomic E-state index is 0.00484. The van der Waals surface area contributed by atoms with Crippen molar-refractivity contribution in [2.75, 3.05) is 26.2 Å². The van der Waals surface area contributed by atoms with Crippen LogP contribution in [0.2, 0.25) is 0 Å². The number of hydrogen-bond donors (Lipinski definition) is 1. The van der Waals surface area contributed by atoms with E-state index in [9.17, 15) is 4.79 Å². The van der Waals surface area contributed by atoms with Crippen molar-refractivity contribution < 1.29 is 9.53 Å². The standard InChI is InChI=1S/C20H30N2O2/c1-15-5-3-4-6-18(15)19-13-22(16(2)14-24-19)20(23)8-7-17-9-11-21-12-10-17/h3-6,16-17,19,21H,7-14H2,1-2H3/t16-,19+/m0/s1. The lowest BCUT2D eigenvalue weighted by atomic mass is 9.92. The van der Waals surface area contributed by atoms with Crippen LogP contribution in [0.25, 0.3) is 0 Å². The molecular weight excluding hydrogens is 300 g/mol. The fraction of sp³-hybridized carbons (Fsp3) is 0.650. The number of benzene rings is 1. The van der Waals surface area contributed by atoms with E-state index in [1.165, 1.54) is 24.0 Å². The number of carbonyl (C=O) groups is 1. The molecule has 1 aromatic rings. The number of morpholine rings is 1. The summed E-state index contributed by atoms with van der Waals surface area (Å²) in [6.07, 6.45) is 4.12. The highest BCUT2D eigenvalue weighted by Gasteiger charge is 2.31. The molecule has 2 aliphatic heterocycles. The van der Waals surface area contributed by atoms with Crippen LogP contribution < -0.4 is 5.32 Å². The van der Waals surface area contributed by atoms with Crippen molar-refractivity contribution in [3.8, 4) is 0 Å². The lowest BCUT2D eigenvalue weighted by molar-refractivity contribution is -0.144. The third-order valence-electron chi connectivity index (χ3n) is 5.51. The largest absolute Gasteiger partial charge is 0.370 e. The Kier molecular flexibility index (Phi) is 5.90. The average molecular weight is 330 g/mol. The Bertz CT molecular complexity index is 554. The summed E-state index contributed by atoms with van der Waals surface area (Å²) in [5.74, 6) is 1.00. The highest BCUT2D eigenvalue weighted by Crippen LogP contribution is 2.28. The Labute approximate surface area is 145 Å². The number of nitrogens with zero attached hydrogens (tertiary/aromatic N) is 1. The lowest BCUT2D eigenvalue weighted by Gasteiger charge is -2.39. The van der Waals surface area contributed by atoms with Crippen LogP contribution in [0.4, 0.5) is 0 Å². The first-order valence-corrected chi connectivity index (χ1v) is 9.32. The van der Waals surface area contributed by atoms with Gasteiger partial charge in [0.2, 0.25) is 5.91 Å². The molecule has 2 fully saturated rings. The topological polar surface area (TPSA) is 41.6 Å². The van der Waals surface area contributed by atoms with Crippen LogP contribution in [0.5, 0.6) is 0 Å². The number of nitrogens with one attached hydrogen (secondary N) is 1. The molecule has 4 heteroatoms. The van der Waals surface area contributed by atoms with Gasteiger partial charge in [0.05, 0.1) is 19.2 Å². The van der Waals surface area contributed by atoms with E-state index in [-0.39, 0.29) is 12.1 Å². The predicted octanol–water partition coefficient (Wildman–Crippen LogP) is 3.06. The van der Waals surface area contributed by atoms with E-state index in [4.69, 9.17) is 4.74 Å². The van der Waals surface area contributed by atoms with Crippen LogP contribution in [-0.2, 0) is 9.53 Å². The van der Waals surface area contributed by atoms with Gasteiger partial charge in [-0.2, -0.15) is 0 Å². The third kappa shape index (κ3) is 4.17. The fourth-order valence-electron chi connectivity index (χ4n) is 3.88. The second-order valence-corrected chi connectivity index (χ2v) is 7.31. The molecule has 0 spiro atoms. The molecule has 1 aromatic carbocycles. The summed E-state index contributed by atoms with van der Waals surface area (Å²) in [5.41, 5.74) is 2.44. The van der Waals surface area contributed by atoms with Gasteiger partial charge in [0.25, 0.3) is 0 Å². The van der Waals surface area contributed by atoms with Crippen LogP contribution in [0.15, 0.2) is 24.3 Å². The van der Waals surface area contributed by atoms with Crippen molar-refractivity contribution in [1.29, 1.82) is 0 Å². The minimum Gasteiger partial charge on any atom is -0.370 e. The lowest BCUT2D eigenvalue weighted by Crippen LogP contribution is -2.48. The Morgan fingerprint density at radius 1 is 1.29 bits per heavy atom. The van der Waals surface area contributed by atoms with Gasteiger partial charge < -0.3 is 15.0 Å². The van der Waals surface area contributed by atoms with E-state index in [0.717, 1.165) is 19.5 Å². The second-order valence-electron chi connectivity index (χ2n) is 7.31. The zero-order valence-corrected chi connectivity index (χ0v) is 15.0. The Morgan fingerprint density at radius 3 is 2.79 bits per heavy atom. The molecule has 24 heavy (non-hydrogen) atoms. The molecule has 0 bridgehead atoms. The van der Waals surface area contributed by atoms with E-state index in [0.29, 0.717) is 31.4 Å². The number of amides is 1. The smallest absolute Gasteiger partial charge is 0.222 e. The van der Waals surface area contributed by atoms with E-state index in [1.807, 2.05) is 17.0 Å². The molecule has 3 rings (SSSR count). The van der Waals surface area contributed by atoms with E-state index < -0.39 is 0 Å². The van der Waals surface area contributed by atoms with Gasteiger partial charge in [-0.1, -0.05) is 24.3 Å². The summed E-state index contributed by atoms with van der Waals surface area (Å²) >= 11 is 0. The maximum Gasteiger partial charge on any atom is 0.222 e. The van der Waals surface area contributed by atoms with Crippen molar-refractivity contribution in [3.63, 3.8) is 0 Å². The van der Waals surface area contributed by atoms with Gasteiger partial charge in [-0.3, -0.25) is 4.79 Å². The number of rotatable bonds is 4. The van der Waals surface area contributed by atoms with Crippen molar-refractivity contribution in [3.05, 3.63) is 35.4 Å². The van der Waals surface area contributed by atoms with Gasteiger partial charge in [0, 0.05) is 6.42 Å². The van der Waals surface area contributed by atoms with Crippen molar-refractivity contribution in [2.24, 2.45) is 5.92 Å². The molecule has 0 aliphatic carbocycles. The summed E-state index contributed by atoms with van der Waals surface area (Å²) < 4.78 is 6.03. The molecule has 2 saturated heterocycles. The van der Waals surface area contributed by atoms with Gasteiger partial charge in [-0.25, -0.2) is 0 Å². The normalized spacial score (nSPS) is 25.7. The first-order valence-electron chi connectivity index (χ1n) is 9.32. The molecule has 1 N–H and O–H groups in total. The van der Waals surface area contributed by atoms with E-state index in [2.05, 4.69) is 31.3 Å². The van der Waals surface area contributed by atoms with Crippen LogP contribution in [-0.4, -0.2) is 43.1 Å². The number of aryl methyl sites for hydroxylation is 1. The summed E-state index contributed by atoms with van der Waals surface area (Å²) in [6, 6.07) is 8.50. The van der Waals surface area contributed by atoms with Gasteiger partial charge >= 0.3 is 0 Å². The van der Waals surface area contributed by atoms with Gasteiger partial charge in [-0.15, -0.1) is 0 Å². The number of ether oxygens (including phenoxy) is 1. The molecule has 0 unspecified atom stereocenters. The average Bonchev–Trinajstić information content (AvgIpc) is 2.61. The van der Waals surface area contributed by atoms with E-state index in [1.54, 1.807) is 0 Å². The maximum absolute atomic E-state index is 12.8. The molecule has 0 aromatic heterocycles. The molecule has 2 aliphatic rings. The first-order chi connectivity index (χ1) is 11.6. The van der Waals surface area contributed by atoms with E-state index >= 15 is 0 Å². The fourth-order valence-corrected chi connectivity index (χ4v) is 3.88. The van der Waals surface area contributed by atoms with Crippen molar-refractivity contribution in [2.45, 2.75) is 51.7 Å². The molecule has 1 amide bonds. The quantitative estimate of drug-likeness (QED) is 0.922. The Balaban J connectivity index is 1.58. The van der Waals surface area contributed by atoms with Gasteiger partial charge in [0.1, 0.15) is 6.10 Å². The molecule has 2 heterocycles. The zero-order valence-electron chi connectivity index (χ0n) is 15.0. The summed E-state index contributed by atoms with van der Waals surface area (Å²) in [6.45, 7) is 7.70. The highest BCUT2D eigenvalue weighted by molar-refractivity contribution is 5.76. The molecule has 0 radical (unpaired) electrons. The van der Waals surface area contributed by atoms with Crippen LogP contribution in [0, 0.1) is 12.8 Å². The molecule has 4 nitrogen and oxygen atoms in total. The zero-order chi connectivity index (χ0) is 16.9. The molecule has 0 saturated carbocycles. The SMILES string of the molecule is Cc1ccccc1[C@H]1CN(C(=O)CCC2CCNCC2)[C@@H](C)CO1.